The minimum atomic E-state index is -0.0340. The third-order valence-corrected chi connectivity index (χ3v) is 6.36. The number of fused-ring (bicyclic) bond motifs is 1. The van der Waals surface area contributed by atoms with E-state index in [2.05, 4.69) is 78.1 Å². The SMILES string of the molecule is Cc1[nH]c2ccc(CNC(=O)c3ccc(N4CCN(C(C)C)CC4)cc3)cc2c1C. The number of nitrogens with zero attached hydrogens (tertiary/aromatic N) is 2. The van der Waals surface area contributed by atoms with E-state index < -0.39 is 0 Å². The van der Waals surface area contributed by atoms with Gasteiger partial charge in [-0.3, -0.25) is 9.69 Å². The normalized spacial score (nSPS) is 15.2. The number of benzene rings is 2. The van der Waals surface area contributed by atoms with E-state index >= 15 is 0 Å². The Kier molecular flexibility index (Phi) is 5.82. The zero-order chi connectivity index (χ0) is 21.3. The molecule has 4 rings (SSSR count). The fourth-order valence-corrected chi connectivity index (χ4v) is 4.22. The number of aryl methyl sites for hydroxylation is 2. The van der Waals surface area contributed by atoms with Gasteiger partial charge in [-0.1, -0.05) is 6.07 Å². The average molecular weight is 405 g/mol. The van der Waals surface area contributed by atoms with Crippen LogP contribution in [-0.2, 0) is 6.54 Å². The lowest BCUT2D eigenvalue weighted by molar-refractivity contribution is 0.0951. The molecule has 30 heavy (non-hydrogen) atoms. The number of amides is 1. The third kappa shape index (κ3) is 4.21. The Balaban J connectivity index is 1.36. The second kappa shape index (κ2) is 8.52. The fraction of sp³-hybridized carbons (Fsp3) is 0.400. The lowest BCUT2D eigenvalue weighted by Crippen LogP contribution is -2.48. The van der Waals surface area contributed by atoms with Crippen molar-refractivity contribution in [3.63, 3.8) is 0 Å². The maximum Gasteiger partial charge on any atom is 0.251 e. The highest BCUT2D eigenvalue weighted by molar-refractivity contribution is 5.94. The second-order valence-electron chi connectivity index (χ2n) is 8.60. The Labute approximate surface area is 179 Å². The maximum atomic E-state index is 12.6. The van der Waals surface area contributed by atoms with E-state index in [0.717, 1.165) is 37.3 Å². The van der Waals surface area contributed by atoms with Gasteiger partial charge in [-0.25, -0.2) is 0 Å². The minimum absolute atomic E-state index is 0.0340. The molecule has 2 aromatic carbocycles. The Bertz CT molecular complexity index is 1030. The van der Waals surface area contributed by atoms with Gasteiger partial charge in [0.2, 0.25) is 0 Å². The van der Waals surface area contributed by atoms with Crippen LogP contribution in [-0.4, -0.2) is 48.0 Å². The van der Waals surface area contributed by atoms with Crippen molar-refractivity contribution < 1.29 is 4.79 Å². The van der Waals surface area contributed by atoms with Crippen LogP contribution in [0.25, 0.3) is 10.9 Å². The van der Waals surface area contributed by atoms with Crippen molar-refractivity contribution in [2.24, 2.45) is 0 Å². The molecule has 0 radical (unpaired) electrons. The molecule has 0 aliphatic carbocycles. The van der Waals surface area contributed by atoms with E-state index in [4.69, 9.17) is 0 Å². The second-order valence-corrected chi connectivity index (χ2v) is 8.60. The first-order valence-corrected chi connectivity index (χ1v) is 10.9. The van der Waals surface area contributed by atoms with Crippen molar-refractivity contribution in [1.82, 2.24) is 15.2 Å². The van der Waals surface area contributed by atoms with Gasteiger partial charge in [-0.05, 0) is 75.2 Å². The molecule has 0 atom stereocenters. The Morgan fingerprint density at radius 2 is 1.73 bits per heavy atom. The van der Waals surface area contributed by atoms with Gasteiger partial charge in [0, 0.05) is 66.6 Å². The topological polar surface area (TPSA) is 51.4 Å². The van der Waals surface area contributed by atoms with Gasteiger partial charge in [0.15, 0.2) is 0 Å². The van der Waals surface area contributed by atoms with Crippen molar-refractivity contribution in [1.29, 1.82) is 0 Å². The molecule has 1 aromatic heterocycles. The zero-order valence-corrected chi connectivity index (χ0v) is 18.5. The Hall–Kier alpha value is -2.79. The standard InChI is InChI=1S/C25H32N4O/c1-17(2)28-11-13-29(14-12-28)22-8-6-21(7-9-22)25(30)26-16-20-5-10-24-23(15-20)18(3)19(4)27-24/h5-10,15,17,27H,11-14,16H2,1-4H3,(H,26,30). The van der Waals surface area contributed by atoms with Crippen LogP contribution in [0.15, 0.2) is 42.5 Å². The number of aromatic nitrogens is 1. The summed E-state index contributed by atoms with van der Waals surface area (Å²) in [5.74, 6) is -0.0340. The van der Waals surface area contributed by atoms with Gasteiger partial charge in [-0.2, -0.15) is 0 Å². The van der Waals surface area contributed by atoms with Gasteiger partial charge < -0.3 is 15.2 Å². The molecule has 1 amide bonds. The number of rotatable bonds is 5. The van der Waals surface area contributed by atoms with Crippen molar-refractivity contribution in [3.05, 3.63) is 64.8 Å². The predicted octanol–water partition coefficient (Wildman–Crippen LogP) is 4.25. The molecular weight excluding hydrogens is 372 g/mol. The summed E-state index contributed by atoms with van der Waals surface area (Å²) in [6.07, 6.45) is 0. The largest absolute Gasteiger partial charge is 0.369 e. The van der Waals surface area contributed by atoms with Crippen LogP contribution in [0.5, 0.6) is 0 Å². The quantitative estimate of drug-likeness (QED) is 0.669. The first-order valence-electron chi connectivity index (χ1n) is 10.9. The molecule has 5 nitrogen and oxygen atoms in total. The maximum absolute atomic E-state index is 12.6. The van der Waals surface area contributed by atoms with E-state index in [-0.39, 0.29) is 5.91 Å². The molecule has 0 saturated carbocycles. The van der Waals surface area contributed by atoms with Crippen molar-refractivity contribution in [2.75, 3.05) is 31.1 Å². The number of carbonyl (C=O) groups excluding carboxylic acids is 1. The van der Waals surface area contributed by atoms with E-state index in [0.29, 0.717) is 18.2 Å². The van der Waals surface area contributed by atoms with Crippen LogP contribution in [0.2, 0.25) is 0 Å². The number of piperazine rings is 1. The fourth-order valence-electron chi connectivity index (χ4n) is 4.22. The summed E-state index contributed by atoms with van der Waals surface area (Å²) in [6, 6.07) is 14.9. The summed E-state index contributed by atoms with van der Waals surface area (Å²) in [5, 5.41) is 4.28. The summed E-state index contributed by atoms with van der Waals surface area (Å²) in [4.78, 5) is 20.9. The monoisotopic (exact) mass is 404 g/mol. The Morgan fingerprint density at radius 3 is 2.40 bits per heavy atom. The Morgan fingerprint density at radius 1 is 1.03 bits per heavy atom. The van der Waals surface area contributed by atoms with E-state index in [1.807, 2.05) is 12.1 Å². The number of nitrogens with one attached hydrogen (secondary N) is 2. The van der Waals surface area contributed by atoms with Gasteiger partial charge in [-0.15, -0.1) is 0 Å². The van der Waals surface area contributed by atoms with E-state index in [9.17, 15) is 4.79 Å². The molecule has 2 heterocycles. The molecule has 1 aliphatic heterocycles. The summed E-state index contributed by atoms with van der Waals surface area (Å²) < 4.78 is 0. The highest BCUT2D eigenvalue weighted by atomic mass is 16.1. The molecule has 1 saturated heterocycles. The van der Waals surface area contributed by atoms with Gasteiger partial charge in [0.05, 0.1) is 0 Å². The molecule has 1 aliphatic rings. The lowest BCUT2D eigenvalue weighted by atomic mass is 10.1. The van der Waals surface area contributed by atoms with Crippen LogP contribution in [0.4, 0.5) is 5.69 Å². The molecule has 0 spiro atoms. The number of aromatic amines is 1. The molecule has 2 N–H and O–H groups in total. The first-order chi connectivity index (χ1) is 14.4. The highest BCUT2D eigenvalue weighted by Gasteiger charge is 2.19. The summed E-state index contributed by atoms with van der Waals surface area (Å²) in [5.41, 5.74) is 6.61. The number of hydrogen-bond acceptors (Lipinski definition) is 3. The first kappa shape index (κ1) is 20.5. The van der Waals surface area contributed by atoms with Gasteiger partial charge in [0.1, 0.15) is 0 Å². The summed E-state index contributed by atoms with van der Waals surface area (Å²) in [7, 11) is 0. The average Bonchev–Trinajstić information content (AvgIpc) is 3.05. The molecule has 3 aromatic rings. The molecule has 0 bridgehead atoms. The molecule has 158 valence electrons. The van der Waals surface area contributed by atoms with Crippen LogP contribution >= 0.6 is 0 Å². The smallest absolute Gasteiger partial charge is 0.251 e. The van der Waals surface area contributed by atoms with Crippen LogP contribution < -0.4 is 10.2 Å². The third-order valence-electron chi connectivity index (χ3n) is 6.36. The van der Waals surface area contributed by atoms with Crippen LogP contribution in [0.1, 0.15) is 41.0 Å². The van der Waals surface area contributed by atoms with Gasteiger partial charge >= 0.3 is 0 Å². The van der Waals surface area contributed by atoms with Crippen LogP contribution in [0.3, 0.4) is 0 Å². The van der Waals surface area contributed by atoms with Crippen molar-refractivity contribution in [3.8, 4) is 0 Å². The van der Waals surface area contributed by atoms with Crippen molar-refractivity contribution in [2.45, 2.75) is 40.3 Å². The van der Waals surface area contributed by atoms with Crippen molar-refractivity contribution >= 4 is 22.5 Å². The molecule has 5 heteroatoms. The van der Waals surface area contributed by atoms with Gasteiger partial charge in [0.25, 0.3) is 5.91 Å². The number of H-pyrrole nitrogens is 1. The summed E-state index contributed by atoms with van der Waals surface area (Å²) >= 11 is 0. The number of carbonyl (C=O) groups is 1. The number of anilines is 1. The number of hydrogen-bond donors (Lipinski definition) is 2. The highest BCUT2D eigenvalue weighted by Crippen LogP contribution is 2.22. The van der Waals surface area contributed by atoms with Crippen LogP contribution in [0, 0.1) is 13.8 Å². The molecule has 1 fully saturated rings. The van der Waals surface area contributed by atoms with E-state index in [1.165, 1.54) is 22.3 Å². The zero-order valence-electron chi connectivity index (χ0n) is 18.5. The van der Waals surface area contributed by atoms with E-state index in [1.54, 1.807) is 0 Å². The lowest BCUT2D eigenvalue weighted by Gasteiger charge is -2.38. The minimum Gasteiger partial charge on any atom is -0.369 e. The summed E-state index contributed by atoms with van der Waals surface area (Å²) in [6.45, 7) is 13.5. The molecule has 0 unspecified atom stereocenters. The predicted molar refractivity (Wildman–Crippen MR) is 124 cm³/mol. The molecular formula is C25H32N4O.